The molecule has 7 nitrogen and oxygen atoms in total. The molecule has 3 aromatic rings. The van der Waals surface area contributed by atoms with E-state index in [4.69, 9.17) is 5.21 Å². The van der Waals surface area contributed by atoms with Crippen LogP contribution in [0.4, 0.5) is 5.69 Å². The van der Waals surface area contributed by atoms with E-state index < -0.39 is 0 Å². The van der Waals surface area contributed by atoms with Crippen molar-refractivity contribution in [2.75, 3.05) is 11.9 Å². The average molecular weight is 418 g/mol. The summed E-state index contributed by atoms with van der Waals surface area (Å²) in [4.78, 5) is 27.6. The monoisotopic (exact) mass is 418 g/mol. The quantitative estimate of drug-likeness (QED) is 0.230. The fourth-order valence-electron chi connectivity index (χ4n) is 3.04. The molecule has 1 heterocycles. The fourth-order valence-corrected chi connectivity index (χ4v) is 3.04. The summed E-state index contributed by atoms with van der Waals surface area (Å²) in [6.07, 6.45) is 2.91. The van der Waals surface area contributed by atoms with Crippen molar-refractivity contribution in [3.8, 4) is 11.1 Å². The second-order valence-electron chi connectivity index (χ2n) is 7.12. The van der Waals surface area contributed by atoms with Gasteiger partial charge in [0.1, 0.15) is 0 Å². The lowest BCUT2D eigenvalue weighted by atomic mass is 10.1. The molecule has 160 valence electrons. The Kier molecular flexibility index (Phi) is 8.13. The van der Waals surface area contributed by atoms with Gasteiger partial charge in [-0.05, 0) is 35.7 Å². The van der Waals surface area contributed by atoms with Crippen LogP contribution in [-0.4, -0.2) is 28.6 Å². The molecule has 0 atom stereocenters. The zero-order valence-electron chi connectivity index (χ0n) is 17.2. The van der Waals surface area contributed by atoms with E-state index in [-0.39, 0.29) is 24.7 Å². The molecule has 7 heteroatoms. The molecule has 3 rings (SSSR count). The third-order valence-electron chi connectivity index (χ3n) is 4.75. The van der Waals surface area contributed by atoms with E-state index in [2.05, 4.69) is 15.6 Å². The molecular formula is C24H26N4O3. The Labute approximate surface area is 181 Å². The van der Waals surface area contributed by atoms with Crippen molar-refractivity contribution in [1.82, 2.24) is 15.8 Å². The first-order chi connectivity index (χ1) is 15.1. The molecule has 0 unspecified atom stereocenters. The number of hydrogen-bond acceptors (Lipinski definition) is 5. The number of carbonyl (C=O) groups excluding carboxylic acids is 2. The Hall–Kier alpha value is -3.71. The number of hydroxylamine groups is 1. The number of rotatable bonds is 10. The number of nitrogens with zero attached hydrogens (tertiary/aromatic N) is 1. The molecule has 0 saturated heterocycles. The summed E-state index contributed by atoms with van der Waals surface area (Å²) >= 11 is 0. The van der Waals surface area contributed by atoms with Crippen molar-refractivity contribution >= 4 is 17.5 Å². The molecule has 0 aliphatic heterocycles. The highest BCUT2D eigenvalue weighted by Gasteiger charge is 2.06. The molecule has 2 amide bonds. The fraction of sp³-hybridized carbons (Fsp3) is 0.208. The van der Waals surface area contributed by atoms with Crippen molar-refractivity contribution in [2.45, 2.75) is 25.8 Å². The van der Waals surface area contributed by atoms with Gasteiger partial charge in [-0.25, -0.2) is 5.48 Å². The van der Waals surface area contributed by atoms with E-state index in [1.165, 1.54) is 0 Å². The number of benzene rings is 2. The highest BCUT2D eigenvalue weighted by molar-refractivity contribution is 5.78. The number of nitrogens with one attached hydrogen (secondary N) is 3. The zero-order valence-corrected chi connectivity index (χ0v) is 17.2. The van der Waals surface area contributed by atoms with Crippen molar-refractivity contribution in [3.05, 3.63) is 84.2 Å². The molecule has 2 aromatic carbocycles. The maximum Gasteiger partial charge on any atom is 0.243 e. The van der Waals surface area contributed by atoms with Gasteiger partial charge in [-0.2, -0.15) is 0 Å². The minimum absolute atomic E-state index is 0.0593. The first kappa shape index (κ1) is 22.0. The molecule has 31 heavy (non-hydrogen) atoms. The highest BCUT2D eigenvalue weighted by Crippen LogP contribution is 2.21. The lowest BCUT2D eigenvalue weighted by Crippen LogP contribution is -2.24. The van der Waals surface area contributed by atoms with E-state index in [9.17, 15) is 9.59 Å². The minimum atomic E-state index is -0.387. The third-order valence-corrected chi connectivity index (χ3v) is 4.75. The van der Waals surface area contributed by atoms with E-state index in [0.717, 1.165) is 28.1 Å². The van der Waals surface area contributed by atoms with Crippen molar-refractivity contribution < 1.29 is 14.8 Å². The van der Waals surface area contributed by atoms with E-state index in [0.29, 0.717) is 19.5 Å². The topological polar surface area (TPSA) is 103 Å². The predicted molar refractivity (Wildman–Crippen MR) is 119 cm³/mol. The van der Waals surface area contributed by atoms with Crippen LogP contribution in [0.5, 0.6) is 0 Å². The molecule has 0 bridgehead atoms. The van der Waals surface area contributed by atoms with Crippen LogP contribution in [0.15, 0.2) is 72.9 Å². The van der Waals surface area contributed by atoms with Gasteiger partial charge >= 0.3 is 0 Å². The Morgan fingerprint density at radius 2 is 1.61 bits per heavy atom. The number of hydrogen-bond donors (Lipinski definition) is 4. The number of carbonyl (C=O) groups is 2. The molecule has 4 N–H and O–H groups in total. The van der Waals surface area contributed by atoms with Gasteiger partial charge in [-0.1, -0.05) is 48.5 Å². The van der Waals surface area contributed by atoms with Crippen LogP contribution < -0.4 is 16.1 Å². The Morgan fingerprint density at radius 1 is 0.871 bits per heavy atom. The summed E-state index contributed by atoms with van der Waals surface area (Å²) < 4.78 is 0. The third kappa shape index (κ3) is 7.24. The summed E-state index contributed by atoms with van der Waals surface area (Å²) in [6.45, 7) is 1.14. The van der Waals surface area contributed by atoms with Crippen LogP contribution in [-0.2, 0) is 22.6 Å². The molecule has 0 fully saturated rings. The largest absolute Gasteiger partial charge is 0.385 e. The van der Waals surface area contributed by atoms with Crippen LogP contribution in [0, 0.1) is 0 Å². The normalized spacial score (nSPS) is 10.4. The molecule has 0 radical (unpaired) electrons. The Balaban J connectivity index is 1.46. The lowest BCUT2D eigenvalue weighted by Gasteiger charge is -2.08. The van der Waals surface area contributed by atoms with Gasteiger partial charge in [0.25, 0.3) is 0 Å². The smallest absolute Gasteiger partial charge is 0.243 e. The maximum absolute atomic E-state index is 12.1. The van der Waals surface area contributed by atoms with E-state index >= 15 is 0 Å². The molecule has 0 aliphatic rings. The van der Waals surface area contributed by atoms with Crippen LogP contribution in [0.1, 0.15) is 24.1 Å². The summed E-state index contributed by atoms with van der Waals surface area (Å²) in [5.74, 6) is -0.447. The summed E-state index contributed by atoms with van der Waals surface area (Å²) in [5, 5.41) is 14.6. The zero-order chi connectivity index (χ0) is 21.9. The summed E-state index contributed by atoms with van der Waals surface area (Å²) in [5.41, 5.74) is 6.36. The molecular weight excluding hydrogens is 392 g/mol. The van der Waals surface area contributed by atoms with E-state index in [1.54, 1.807) is 11.7 Å². The maximum atomic E-state index is 12.1. The predicted octanol–water partition coefficient (Wildman–Crippen LogP) is 3.31. The van der Waals surface area contributed by atoms with Crippen LogP contribution in [0.25, 0.3) is 11.1 Å². The molecule has 0 aliphatic carbocycles. The highest BCUT2D eigenvalue weighted by atomic mass is 16.5. The van der Waals surface area contributed by atoms with Gasteiger partial charge in [0, 0.05) is 42.7 Å². The van der Waals surface area contributed by atoms with Gasteiger partial charge < -0.3 is 10.6 Å². The van der Waals surface area contributed by atoms with Crippen molar-refractivity contribution in [1.29, 1.82) is 0 Å². The minimum Gasteiger partial charge on any atom is -0.385 e. The number of amides is 2. The average Bonchev–Trinajstić information content (AvgIpc) is 2.82. The van der Waals surface area contributed by atoms with Gasteiger partial charge in [0.05, 0.1) is 6.42 Å². The lowest BCUT2D eigenvalue weighted by molar-refractivity contribution is -0.129. The first-order valence-electron chi connectivity index (χ1n) is 10.2. The van der Waals surface area contributed by atoms with Crippen LogP contribution in [0.3, 0.4) is 0 Å². The van der Waals surface area contributed by atoms with Crippen LogP contribution >= 0.6 is 0 Å². The Morgan fingerprint density at radius 3 is 2.29 bits per heavy atom. The van der Waals surface area contributed by atoms with Crippen molar-refractivity contribution in [2.24, 2.45) is 0 Å². The van der Waals surface area contributed by atoms with Gasteiger partial charge in [0.15, 0.2) is 0 Å². The Bertz CT molecular complexity index is 974. The number of pyridine rings is 1. The molecule has 0 saturated carbocycles. The first-order valence-corrected chi connectivity index (χ1v) is 10.2. The van der Waals surface area contributed by atoms with Gasteiger partial charge in [-0.15, -0.1) is 0 Å². The number of aromatic nitrogens is 1. The van der Waals surface area contributed by atoms with E-state index in [1.807, 2.05) is 66.7 Å². The van der Waals surface area contributed by atoms with Gasteiger partial charge in [0.2, 0.25) is 11.8 Å². The number of anilines is 1. The summed E-state index contributed by atoms with van der Waals surface area (Å²) in [7, 11) is 0. The van der Waals surface area contributed by atoms with Gasteiger partial charge in [-0.3, -0.25) is 19.8 Å². The SMILES string of the molecule is O=C(CCCNc1ccc(-c2ccc(CC(=O)NCc3ccccc3)nc2)cc1)NO. The van der Waals surface area contributed by atoms with Crippen molar-refractivity contribution in [3.63, 3.8) is 0 Å². The van der Waals surface area contributed by atoms with Crippen LogP contribution in [0.2, 0.25) is 0 Å². The second kappa shape index (κ2) is 11.5. The molecule has 1 aromatic heterocycles. The molecule has 0 spiro atoms. The summed E-state index contributed by atoms with van der Waals surface area (Å²) in [6, 6.07) is 21.5. The standard InChI is InChI=1S/C24H26N4O3/c29-23(28-31)7-4-14-25-21-11-8-19(9-12-21)20-10-13-22(26-17-20)15-24(30)27-16-18-5-2-1-3-6-18/h1-3,5-6,8-13,17,25,31H,4,7,14-16H2,(H,27,30)(H,28,29). The second-order valence-corrected chi connectivity index (χ2v) is 7.12.